The summed E-state index contributed by atoms with van der Waals surface area (Å²) in [6.07, 6.45) is -0.427. The molecule has 7 nitrogen and oxygen atoms in total. The van der Waals surface area contributed by atoms with Gasteiger partial charge in [-0.15, -0.1) is 13.2 Å². The van der Waals surface area contributed by atoms with Crippen molar-refractivity contribution < 1.29 is 27.4 Å². The van der Waals surface area contributed by atoms with Crippen molar-refractivity contribution in [2.45, 2.75) is 19.2 Å². The Morgan fingerprint density at radius 3 is 2.27 bits per heavy atom. The zero-order chi connectivity index (χ0) is 23.3. The number of aromatic nitrogens is 2. The summed E-state index contributed by atoms with van der Waals surface area (Å²) in [7, 11) is 0. The monoisotopic (exact) mass is 458 g/mol. The van der Waals surface area contributed by atoms with Gasteiger partial charge in [-0.3, -0.25) is 4.79 Å². The van der Waals surface area contributed by atoms with Crippen molar-refractivity contribution in [1.29, 1.82) is 0 Å². The Hall–Kier alpha value is -3.82. The first-order valence-corrected chi connectivity index (χ1v) is 10.3. The SMILES string of the molecule is O=C(Nc1ccc(OC(F)(F)F)cc1)C1CCN(c2nccnc2Oc2ccccc2)CC1. The van der Waals surface area contributed by atoms with Crippen LogP contribution in [0, 0.1) is 5.92 Å². The van der Waals surface area contributed by atoms with Gasteiger partial charge in [0, 0.05) is 37.1 Å². The molecular weight excluding hydrogens is 437 g/mol. The molecule has 1 fully saturated rings. The number of hydrogen-bond donors (Lipinski definition) is 1. The van der Waals surface area contributed by atoms with E-state index in [9.17, 15) is 18.0 Å². The van der Waals surface area contributed by atoms with Gasteiger partial charge in [-0.25, -0.2) is 9.97 Å². The predicted molar refractivity (Wildman–Crippen MR) is 115 cm³/mol. The molecule has 1 amide bonds. The molecular formula is C23H21F3N4O3. The van der Waals surface area contributed by atoms with E-state index < -0.39 is 6.36 Å². The quantitative estimate of drug-likeness (QED) is 0.559. The molecule has 172 valence electrons. The first-order chi connectivity index (χ1) is 15.9. The van der Waals surface area contributed by atoms with E-state index in [-0.39, 0.29) is 17.6 Å². The molecule has 10 heteroatoms. The normalized spacial score (nSPS) is 14.6. The Kier molecular flexibility index (Phi) is 6.62. The molecule has 4 rings (SSSR count). The Morgan fingerprint density at radius 2 is 1.61 bits per heavy atom. The van der Waals surface area contributed by atoms with Crippen molar-refractivity contribution >= 4 is 17.4 Å². The summed E-state index contributed by atoms with van der Waals surface area (Å²) in [4.78, 5) is 23.4. The van der Waals surface area contributed by atoms with Gasteiger partial charge in [0.25, 0.3) is 5.88 Å². The third kappa shape index (κ3) is 6.12. The summed E-state index contributed by atoms with van der Waals surface area (Å²) in [5, 5.41) is 2.75. The second kappa shape index (κ2) is 9.76. The predicted octanol–water partition coefficient (Wildman–Crippen LogP) is 5.02. The van der Waals surface area contributed by atoms with Crippen molar-refractivity contribution in [3.05, 3.63) is 67.0 Å². The molecule has 2 aromatic carbocycles. The summed E-state index contributed by atoms with van der Waals surface area (Å²) in [5.41, 5.74) is 0.407. The highest BCUT2D eigenvalue weighted by Gasteiger charge is 2.31. The minimum absolute atomic E-state index is 0.181. The number of alkyl halides is 3. The van der Waals surface area contributed by atoms with Gasteiger partial charge in [-0.05, 0) is 49.2 Å². The van der Waals surface area contributed by atoms with Crippen LogP contribution in [0.5, 0.6) is 17.4 Å². The maximum absolute atomic E-state index is 12.6. The van der Waals surface area contributed by atoms with E-state index >= 15 is 0 Å². The summed E-state index contributed by atoms with van der Waals surface area (Å²) in [6.45, 7) is 1.17. The largest absolute Gasteiger partial charge is 0.573 e. The number of carbonyl (C=O) groups excluding carboxylic acids is 1. The first kappa shape index (κ1) is 22.4. The molecule has 0 spiro atoms. The number of amides is 1. The number of ether oxygens (including phenoxy) is 2. The number of rotatable bonds is 6. The Morgan fingerprint density at radius 1 is 0.939 bits per heavy atom. The fraction of sp³-hybridized carbons (Fsp3) is 0.261. The zero-order valence-electron chi connectivity index (χ0n) is 17.5. The summed E-state index contributed by atoms with van der Waals surface area (Å²) < 4.78 is 46.5. The van der Waals surface area contributed by atoms with Gasteiger partial charge < -0.3 is 19.7 Å². The van der Waals surface area contributed by atoms with Gasteiger partial charge in [0.2, 0.25) is 5.91 Å². The fourth-order valence-corrected chi connectivity index (χ4v) is 3.54. The first-order valence-electron chi connectivity index (χ1n) is 10.3. The third-order valence-electron chi connectivity index (χ3n) is 5.13. The number of piperidine rings is 1. The van der Waals surface area contributed by atoms with E-state index in [1.165, 1.54) is 12.1 Å². The van der Waals surface area contributed by atoms with Crippen molar-refractivity contribution in [3.63, 3.8) is 0 Å². The Bertz CT molecular complexity index is 1070. The van der Waals surface area contributed by atoms with Gasteiger partial charge in [0.05, 0.1) is 0 Å². The molecule has 0 radical (unpaired) electrons. The van der Waals surface area contributed by atoms with E-state index in [1.54, 1.807) is 12.4 Å². The molecule has 2 heterocycles. The van der Waals surface area contributed by atoms with Crippen LogP contribution in [0.1, 0.15) is 12.8 Å². The van der Waals surface area contributed by atoms with Gasteiger partial charge >= 0.3 is 6.36 Å². The van der Waals surface area contributed by atoms with Crippen molar-refractivity contribution in [1.82, 2.24) is 9.97 Å². The second-order valence-electron chi connectivity index (χ2n) is 7.42. The number of nitrogens with zero attached hydrogens (tertiary/aromatic N) is 3. The average Bonchev–Trinajstić information content (AvgIpc) is 2.81. The minimum atomic E-state index is -4.76. The van der Waals surface area contributed by atoms with Crippen LogP contribution in [0.4, 0.5) is 24.7 Å². The fourth-order valence-electron chi connectivity index (χ4n) is 3.54. The smallest absolute Gasteiger partial charge is 0.436 e. The van der Waals surface area contributed by atoms with Crippen molar-refractivity contribution in [3.8, 4) is 17.4 Å². The van der Waals surface area contributed by atoms with Gasteiger partial charge in [-0.1, -0.05) is 18.2 Å². The van der Waals surface area contributed by atoms with E-state index in [0.717, 1.165) is 12.1 Å². The van der Waals surface area contributed by atoms with Gasteiger partial charge in [0.15, 0.2) is 5.82 Å². The van der Waals surface area contributed by atoms with Crippen LogP contribution in [0.3, 0.4) is 0 Å². The zero-order valence-corrected chi connectivity index (χ0v) is 17.5. The molecule has 0 aliphatic carbocycles. The number of carbonyl (C=O) groups is 1. The molecule has 0 unspecified atom stereocenters. The number of benzene rings is 2. The molecule has 0 bridgehead atoms. The van der Waals surface area contributed by atoms with Crippen LogP contribution in [0.25, 0.3) is 0 Å². The second-order valence-corrected chi connectivity index (χ2v) is 7.42. The molecule has 0 saturated carbocycles. The van der Waals surface area contributed by atoms with Crippen LogP contribution >= 0.6 is 0 Å². The molecule has 1 saturated heterocycles. The van der Waals surface area contributed by atoms with Crippen LogP contribution < -0.4 is 19.7 Å². The maximum atomic E-state index is 12.6. The van der Waals surface area contributed by atoms with E-state index in [0.29, 0.717) is 49.1 Å². The van der Waals surface area contributed by atoms with Crippen LogP contribution in [0.15, 0.2) is 67.0 Å². The number of hydrogen-bond acceptors (Lipinski definition) is 6. The average molecular weight is 458 g/mol. The Labute approximate surface area is 188 Å². The molecule has 1 aliphatic rings. The van der Waals surface area contributed by atoms with Gasteiger partial charge in [-0.2, -0.15) is 0 Å². The lowest BCUT2D eigenvalue weighted by Crippen LogP contribution is -2.38. The summed E-state index contributed by atoms with van der Waals surface area (Å²) in [5.74, 6) is 0.904. The van der Waals surface area contributed by atoms with Crippen LogP contribution in [0.2, 0.25) is 0 Å². The molecule has 1 aromatic heterocycles. The number of nitrogens with one attached hydrogen (secondary N) is 1. The lowest BCUT2D eigenvalue weighted by molar-refractivity contribution is -0.274. The maximum Gasteiger partial charge on any atom is 0.573 e. The highest BCUT2D eigenvalue weighted by atomic mass is 19.4. The molecule has 0 atom stereocenters. The number of anilines is 2. The summed E-state index contributed by atoms with van der Waals surface area (Å²) >= 11 is 0. The molecule has 1 aliphatic heterocycles. The molecule has 33 heavy (non-hydrogen) atoms. The van der Waals surface area contributed by atoms with E-state index in [1.807, 2.05) is 35.2 Å². The lowest BCUT2D eigenvalue weighted by Gasteiger charge is -2.32. The third-order valence-corrected chi connectivity index (χ3v) is 5.13. The summed E-state index contributed by atoms with van der Waals surface area (Å²) in [6, 6.07) is 14.4. The van der Waals surface area contributed by atoms with Gasteiger partial charge in [0.1, 0.15) is 11.5 Å². The number of para-hydroxylation sites is 1. The standard InChI is InChI=1S/C23H21F3N4O3/c24-23(25,26)33-19-8-6-17(7-9-19)29-21(31)16-10-14-30(15-11-16)20-22(28-13-12-27-20)32-18-4-2-1-3-5-18/h1-9,12-13,16H,10-11,14-15H2,(H,29,31). The highest BCUT2D eigenvalue weighted by Crippen LogP contribution is 2.31. The molecule has 3 aromatic rings. The lowest BCUT2D eigenvalue weighted by atomic mass is 9.96. The van der Waals surface area contributed by atoms with Crippen LogP contribution in [-0.4, -0.2) is 35.3 Å². The topological polar surface area (TPSA) is 76.6 Å². The minimum Gasteiger partial charge on any atom is -0.436 e. The van der Waals surface area contributed by atoms with Crippen molar-refractivity contribution in [2.24, 2.45) is 5.92 Å². The van der Waals surface area contributed by atoms with E-state index in [2.05, 4.69) is 20.0 Å². The van der Waals surface area contributed by atoms with Crippen LogP contribution in [-0.2, 0) is 4.79 Å². The molecule has 1 N–H and O–H groups in total. The Balaban J connectivity index is 1.33. The highest BCUT2D eigenvalue weighted by molar-refractivity contribution is 5.92. The van der Waals surface area contributed by atoms with Crippen molar-refractivity contribution in [2.75, 3.05) is 23.3 Å². The number of halogens is 3. The van der Waals surface area contributed by atoms with E-state index in [4.69, 9.17) is 4.74 Å².